The van der Waals surface area contributed by atoms with Gasteiger partial charge in [0, 0.05) is 66.8 Å². The molecule has 0 amide bonds. The summed E-state index contributed by atoms with van der Waals surface area (Å²) in [5, 5.41) is 0. The molecule has 4 nitrogen and oxygen atoms in total. The van der Waals surface area contributed by atoms with Crippen molar-refractivity contribution in [1.29, 1.82) is 0 Å². The van der Waals surface area contributed by atoms with Crippen LogP contribution in [-0.2, 0) is 26.4 Å². The Morgan fingerprint density at radius 3 is 1.11 bits per heavy atom. The first-order valence-corrected chi connectivity index (χ1v) is 15.5. The van der Waals surface area contributed by atoms with Crippen molar-refractivity contribution < 1.29 is 18.9 Å². The predicted molar refractivity (Wildman–Crippen MR) is 174 cm³/mol. The molecule has 0 fully saturated rings. The van der Waals surface area contributed by atoms with Gasteiger partial charge in [-0.2, -0.15) is 0 Å². The first-order chi connectivity index (χ1) is 21.4. The molecule has 0 N–H and O–H groups in total. The third kappa shape index (κ3) is 3.13. The second kappa shape index (κ2) is 8.92. The highest BCUT2D eigenvalue weighted by atomic mass is 16.5. The molecule has 0 saturated carbocycles. The van der Waals surface area contributed by atoms with Crippen LogP contribution in [0.3, 0.4) is 0 Å². The monoisotopic (exact) mass is 578 g/mol. The van der Waals surface area contributed by atoms with E-state index in [1.165, 1.54) is 66.8 Å². The fraction of sp³-hybridized carbons (Fsp3) is 0.250. The Kier molecular flexibility index (Phi) is 5.22. The van der Waals surface area contributed by atoms with E-state index in [1.807, 2.05) is 0 Å². The average Bonchev–Trinajstić information content (AvgIpc) is 3.06. The first kappa shape index (κ1) is 25.8. The van der Waals surface area contributed by atoms with Gasteiger partial charge in [-0.05, 0) is 87.1 Å². The number of hydrogen-bond acceptors (Lipinski definition) is 4. The second-order valence-electron chi connectivity index (χ2n) is 12.7. The highest BCUT2D eigenvalue weighted by molar-refractivity contribution is 6.07. The molecular weight excluding hydrogens is 544 g/mol. The largest absolute Gasteiger partial charge is 0.488 e. The quantitative estimate of drug-likeness (QED) is 0.183. The highest BCUT2D eigenvalue weighted by Crippen LogP contribution is 2.61. The summed E-state index contributed by atoms with van der Waals surface area (Å²) >= 11 is 0. The Bertz CT molecular complexity index is 1980. The van der Waals surface area contributed by atoms with Crippen LogP contribution < -0.4 is 18.9 Å². The topological polar surface area (TPSA) is 36.9 Å². The van der Waals surface area contributed by atoms with Gasteiger partial charge in [-0.15, -0.1) is 0 Å². The van der Waals surface area contributed by atoms with Crippen LogP contribution >= 0.6 is 0 Å². The predicted octanol–water partition coefficient (Wildman–Crippen LogP) is 9.77. The molecule has 0 aromatic heterocycles. The summed E-state index contributed by atoms with van der Waals surface area (Å²) in [6.07, 6.45) is 0. The molecule has 44 heavy (non-hydrogen) atoms. The van der Waals surface area contributed by atoms with Crippen molar-refractivity contribution in [3.8, 4) is 67.5 Å². The van der Waals surface area contributed by atoms with Gasteiger partial charge in [-0.25, -0.2) is 0 Å². The Morgan fingerprint density at radius 1 is 0.364 bits per heavy atom. The van der Waals surface area contributed by atoms with Gasteiger partial charge in [0.2, 0.25) is 0 Å². The standard InChI is InChI=1S/C40H34O4/c1-19-21(3)29-17-43-39-23(5)24(6)40-38(37(39)35(29)33-25-11-7-9-13-31(25)41-15-27(19)33)36-30(18-44-40)22(4)20(2)28-16-42-32-14-10-8-12-26(32)34(28)36/h7-14H,15-18H2,1-6H3. The zero-order valence-electron chi connectivity index (χ0n) is 26.1. The van der Waals surface area contributed by atoms with Crippen molar-refractivity contribution in [2.75, 3.05) is 0 Å². The van der Waals surface area contributed by atoms with Gasteiger partial charge in [0.1, 0.15) is 49.4 Å². The molecule has 4 aliphatic heterocycles. The van der Waals surface area contributed by atoms with Crippen molar-refractivity contribution in [3.63, 3.8) is 0 Å². The summed E-state index contributed by atoms with van der Waals surface area (Å²) in [4.78, 5) is 0. The van der Waals surface area contributed by atoms with E-state index in [0.717, 1.165) is 56.4 Å². The van der Waals surface area contributed by atoms with Gasteiger partial charge in [0.25, 0.3) is 0 Å². The summed E-state index contributed by atoms with van der Waals surface area (Å²) < 4.78 is 26.3. The SMILES string of the molecule is Cc1c(C)c2c(c3c1COc1ccccc1-3)-c1c(c(C)c(C)c3c1-c1c(c(C)c(C)c4c1-c1ccccc1OC4)CO3)OC2. The van der Waals surface area contributed by atoms with E-state index in [4.69, 9.17) is 18.9 Å². The minimum Gasteiger partial charge on any atom is -0.488 e. The number of benzene rings is 5. The minimum atomic E-state index is 0.541. The molecule has 0 radical (unpaired) electrons. The Labute approximate surface area is 258 Å². The summed E-state index contributed by atoms with van der Waals surface area (Å²) in [5.41, 5.74) is 22.1. The molecule has 9 rings (SSSR count). The van der Waals surface area contributed by atoms with Crippen molar-refractivity contribution in [2.45, 2.75) is 68.0 Å². The van der Waals surface area contributed by atoms with Gasteiger partial charge in [0.05, 0.1) is 0 Å². The summed E-state index contributed by atoms with van der Waals surface area (Å²) in [6, 6.07) is 17.0. The lowest BCUT2D eigenvalue weighted by atomic mass is 9.73. The number of hydrogen-bond donors (Lipinski definition) is 0. The zero-order chi connectivity index (χ0) is 30.0. The minimum absolute atomic E-state index is 0.541. The van der Waals surface area contributed by atoms with Crippen LogP contribution in [0, 0.1) is 41.5 Å². The smallest absolute Gasteiger partial charge is 0.131 e. The zero-order valence-corrected chi connectivity index (χ0v) is 26.1. The third-order valence-corrected chi connectivity index (χ3v) is 10.9. The lowest BCUT2D eigenvalue weighted by molar-refractivity contribution is 0.286. The fourth-order valence-corrected chi connectivity index (χ4v) is 8.09. The van der Waals surface area contributed by atoms with E-state index in [2.05, 4.69) is 90.1 Å². The van der Waals surface area contributed by atoms with Gasteiger partial charge in [0.15, 0.2) is 0 Å². The maximum Gasteiger partial charge on any atom is 0.131 e. The molecule has 4 aliphatic rings. The molecule has 218 valence electrons. The summed E-state index contributed by atoms with van der Waals surface area (Å²) in [7, 11) is 0. The molecule has 5 aromatic carbocycles. The maximum absolute atomic E-state index is 6.81. The summed E-state index contributed by atoms with van der Waals surface area (Å²) in [5.74, 6) is 3.80. The van der Waals surface area contributed by atoms with Gasteiger partial charge < -0.3 is 18.9 Å². The van der Waals surface area contributed by atoms with Crippen LogP contribution in [0.25, 0.3) is 44.5 Å². The van der Waals surface area contributed by atoms with E-state index >= 15 is 0 Å². The average molecular weight is 579 g/mol. The number of para-hydroxylation sites is 2. The number of ether oxygens (including phenoxy) is 4. The van der Waals surface area contributed by atoms with Crippen LogP contribution in [0.4, 0.5) is 0 Å². The van der Waals surface area contributed by atoms with Gasteiger partial charge in [-0.1, -0.05) is 36.4 Å². The van der Waals surface area contributed by atoms with E-state index in [9.17, 15) is 0 Å². The van der Waals surface area contributed by atoms with Crippen LogP contribution in [0.5, 0.6) is 23.0 Å². The molecule has 0 atom stereocenters. The van der Waals surface area contributed by atoms with Crippen LogP contribution in [0.1, 0.15) is 55.6 Å². The molecule has 0 unspecified atom stereocenters. The molecule has 4 heteroatoms. The molecule has 0 bridgehead atoms. The third-order valence-electron chi connectivity index (χ3n) is 10.9. The van der Waals surface area contributed by atoms with Crippen molar-refractivity contribution >= 4 is 0 Å². The number of rotatable bonds is 0. The molecule has 0 aliphatic carbocycles. The summed E-state index contributed by atoms with van der Waals surface area (Å²) in [6.45, 7) is 15.5. The second-order valence-corrected chi connectivity index (χ2v) is 12.7. The Hall–Kier alpha value is -4.70. The molecule has 4 heterocycles. The Morgan fingerprint density at radius 2 is 0.705 bits per heavy atom. The molecule has 0 saturated heterocycles. The van der Waals surface area contributed by atoms with Crippen LogP contribution in [-0.4, -0.2) is 0 Å². The lowest BCUT2D eigenvalue weighted by Crippen LogP contribution is -2.20. The molecule has 0 spiro atoms. The normalized spacial score (nSPS) is 14.5. The molecular formula is C40H34O4. The number of fused-ring (bicyclic) bond motifs is 15. The lowest BCUT2D eigenvalue weighted by Gasteiger charge is -2.38. The van der Waals surface area contributed by atoms with Crippen molar-refractivity contribution in [1.82, 2.24) is 0 Å². The van der Waals surface area contributed by atoms with E-state index in [-0.39, 0.29) is 0 Å². The van der Waals surface area contributed by atoms with Crippen LogP contribution in [0.15, 0.2) is 48.5 Å². The van der Waals surface area contributed by atoms with Gasteiger partial charge >= 0.3 is 0 Å². The van der Waals surface area contributed by atoms with E-state index in [0.29, 0.717) is 26.4 Å². The van der Waals surface area contributed by atoms with Crippen molar-refractivity contribution in [2.24, 2.45) is 0 Å². The van der Waals surface area contributed by atoms with Crippen LogP contribution in [0.2, 0.25) is 0 Å². The highest BCUT2D eigenvalue weighted by Gasteiger charge is 2.39. The Balaban J connectivity index is 1.49. The van der Waals surface area contributed by atoms with Gasteiger partial charge in [-0.3, -0.25) is 0 Å². The molecule has 5 aromatic rings. The first-order valence-electron chi connectivity index (χ1n) is 15.5. The maximum atomic E-state index is 6.81. The fourth-order valence-electron chi connectivity index (χ4n) is 8.09. The van der Waals surface area contributed by atoms with Crippen molar-refractivity contribution in [3.05, 3.63) is 104 Å². The van der Waals surface area contributed by atoms with E-state index in [1.54, 1.807) is 0 Å². The van der Waals surface area contributed by atoms with E-state index < -0.39 is 0 Å².